The average molecular weight is 148 g/mol. The molecule has 2 rings (SSSR count). The van der Waals surface area contributed by atoms with Crippen LogP contribution in [-0.2, 0) is 0 Å². The number of hydrogen-bond acceptors (Lipinski definition) is 2. The van der Waals surface area contributed by atoms with Gasteiger partial charge in [0, 0.05) is 5.38 Å². The van der Waals surface area contributed by atoms with E-state index in [2.05, 4.69) is 11.6 Å². The predicted molar refractivity (Wildman–Crippen MR) is 39.7 cm³/mol. The Bertz CT molecular complexity index is 249. The second kappa shape index (κ2) is 2.31. The van der Waals surface area contributed by atoms with Crippen molar-refractivity contribution in [1.29, 1.82) is 0 Å². The van der Waals surface area contributed by atoms with Crippen LogP contribution in [0.1, 0.15) is 0 Å². The van der Waals surface area contributed by atoms with Gasteiger partial charge >= 0.3 is 0 Å². The summed E-state index contributed by atoms with van der Waals surface area (Å²) in [4.78, 5) is 1.10. The highest BCUT2D eigenvalue weighted by molar-refractivity contribution is 7.13. The Morgan fingerprint density at radius 2 is 2.30 bits per heavy atom. The van der Waals surface area contributed by atoms with Crippen molar-refractivity contribution in [2.75, 3.05) is 0 Å². The fourth-order valence-electron chi connectivity index (χ4n) is 0.747. The molecule has 2 heterocycles. The molecule has 0 aliphatic rings. The third kappa shape index (κ3) is 0.866. The summed E-state index contributed by atoms with van der Waals surface area (Å²) in [7, 11) is 0. The third-order valence-corrected chi connectivity index (χ3v) is 2.00. The van der Waals surface area contributed by atoms with Crippen molar-refractivity contribution in [3.05, 3.63) is 35.9 Å². The van der Waals surface area contributed by atoms with Crippen molar-refractivity contribution in [1.82, 2.24) is 0 Å². The molecule has 48 valence electrons. The van der Waals surface area contributed by atoms with Crippen LogP contribution in [0.2, 0.25) is 0 Å². The van der Waals surface area contributed by atoms with Crippen LogP contribution in [0.5, 0.6) is 0 Å². The largest absolute Gasteiger partial charge is 0.452 e. The molecule has 0 amide bonds. The average Bonchev–Trinajstić information content (AvgIpc) is 2.59. The zero-order chi connectivity index (χ0) is 6.81. The van der Waals surface area contributed by atoms with Gasteiger partial charge in [-0.2, -0.15) is 0 Å². The summed E-state index contributed by atoms with van der Waals surface area (Å²) in [5.74, 6) is 0.867. The molecule has 0 bridgehead atoms. The van der Waals surface area contributed by atoms with Crippen molar-refractivity contribution in [3.8, 4) is 10.6 Å². The van der Waals surface area contributed by atoms with E-state index in [1.54, 1.807) is 17.4 Å². The van der Waals surface area contributed by atoms with Gasteiger partial charge in [0.1, 0.15) is 5.76 Å². The van der Waals surface area contributed by atoms with Crippen molar-refractivity contribution in [2.45, 2.75) is 0 Å². The van der Waals surface area contributed by atoms with Crippen LogP contribution in [-0.4, -0.2) is 0 Å². The minimum Gasteiger partial charge on any atom is -0.452 e. The van der Waals surface area contributed by atoms with Gasteiger partial charge in [0.05, 0.1) is 4.88 Å². The van der Waals surface area contributed by atoms with Crippen molar-refractivity contribution < 1.29 is 4.42 Å². The Morgan fingerprint density at radius 1 is 1.30 bits per heavy atom. The van der Waals surface area contributed by atoms with Crippen molar-refractivity contribution >= 4 is 11.3 Å². The van der Waals surface area contributed by atoms with Crippen LogP contribution in [0.25, 0.3) is 10.6 Å². The maximum atomic E-state index is 5.04. The first-order chi connectivity index (χ1) is 4.97. The van der Waals surface area contributed by atoms with Gasteiger partial charge in [-0.05, 0) is 24.3 Å². The van der Waals surface area contributed by atoms with Crippen molar-refractivity contribution in [3.63, 3.8) is 0 Å². The highest BCUT2D eigenvalue weighted by atomic mass is 32.1. The van der Waals surface area contributed by atoms with E-state index in [0.717, 1.165) is 10.6 Å². The Labute approximate surface area is 62.9 Å². The minimum atomic E-state index is 0.867. The third-order valence-electron chi connectivity index (χ3n) is 1.19. The molecule has 0 saturated carbocycles. The molecular formula is C8H4OS. The molecule has 0 fully saturated rings. The standard InChI is InChI=1S/C8H4OS/c1-3-7(9-5-1)8-4-2-6-10-8/h1-4H. The van der Waals surface area contributed by atoms with E-state index in [-0.39, 0.29) is 0 Å². The molecule has 2 aromatic rings. The van der Waals surface area contributed by atoms with E-state index >= 15 is 0 Å². The van der Waals surface area contributed by atoms with E-state index in [9.17, 15) is 0 Å². The Hall–Kier alpha value is -1.02. The molecule has 0 saturated heterocycles. The fourth-order valence-corrected chi connectivity index (χ4v) is 1.36. The molecule has 10 heavy (non-hydrogen) atoms. The number of furan rings is 1. The van der Waals surface area contributed by atoms with Gasteiger partial charge in [-0.25, -0.2) is 0 Å². The second-order valence-electron chi connectivity index (χ2n) is 1.83. The highest BCUT2D eigenvalue weighted by Crippen LogP contribution is 2.23. The van der Waals surface area contributed by atoms with Crippen LogP contribution in [0.15, 0.2) is 28.7 Å². The summed E-state index contributed by atoms with van der Waals surface area (Å²) in [5.41, 5.74) is 0. The van der Waals surface area contributed by atoms with Crippen LogP contribution < -0.4 is 0 Å². The molecule has 0 aliphatic heterocycles. The van der Waals surface area contributed by atoms with E-state index in [1.165, 1.54) is 0 Å². The summed E-state index contributed by atoms with van der Waals surface area (Å²) < 4.78 is 5.04. The first-order valence-corrected chi connectivity index (χ1v) is 3.70. The molecule has 2 heteroatoms. The van der Waals surface area contributed by atoms with E-state index in [4.69, 9.17) is 4.42 Å². The molecule has 0 aliphatic carbocycles. The molecule has 2 aromatic heterocycles. The first kappa shape index (κ1) is 5.74. The van der Waals surface area contributed by atoms with Gasteiger partial charge in [0.25, 0.3) is 0 Å². The van der Waals surface area contributed by atoms with Crippen LogP contribution in [0, 0.1) is 11.6 Å². The summed E-state index contributed by atoms with van der Waals surface area (Å²) in [6.45, 7) is 0. The summed E-state index contributed by atoms with van der Waals surface area (Å²) in [5, 5.41) is 2.99. The molecule has 1 nitrogen and oxygen atoms in total. The first-order valence-electron chi connectivity index (χ1n) is 2.89. The molecule has 0 aromatic carbocycles. The highest BCUT2D eigenvalue weighted by Gasteiger charge is 1.98. The molecular weight excluding hydrogens is 144 g/mol. The summed E-state index contributed by atoms with van der Waals surface area (Å²) in [6, 6.07) is 7.49. The van der Waals surface area contributed by atoms with Crippen LogP contribution in [0.3, 0.4) is 0 Å². The Morgan fingerprint density at radius 3 is 2.90 bits per heavy atom. The summed E-state index contributed by atoms with van der Waals surface area (Å²) >= 11 is 1.54. The van der Waals surface area contributed by atoms with Gasteiger partial charge in [-0.3, -0.25) is 0 Å². The predicted octanol–water partition coefficient (Wildman–Crippen LogP) is 2.61. The maximum Gasteiger partial charge on any atom is 0.170 e. The maximum absolute atomic E-state index is 5.04. The lowest BCUT2D eigenvalue weighted by Gasteiger charge is -1.84. The van der Waals surface area contributed by atoms with Gasteiger partial charge in [-0.15, -0.1) is 11.3 Å². The molecule has 0 N–H and O–H groups in total. The zero-order valence-corrected chi connectivity index (χ0v) is 5.94. The topological polar surface area (TPSA) is 13.1 Å². The van der Waals surface area contributed by atoms with Crippen molar-refractivity contribution in [2.24, 2.45) is 0 Å². The van der Waals surface area contributed by atoms with E-state index < -0.39 is 0 Å². The van der Waals surface area contributed by atoms with Gasteiger partial charge in [0.2, 0.25) is 0 Å². The second-order valence-corrected chi connectivity index (χ2v) is 2.71. The number of thiophene rings is 1. The fraction of sp³-hybridized carbons (Fsp3) is 0. The summed E-state index contributed by atoms with van der Waals surface area (Å²) in [6.07, 6.45) is 2.64. The Kier molecular flexibility index (Phi) is 1.32. The lowest BCUT2D eigenvalue weighted by Crippen LogP contribution is -1.58. The van der Waals surface area contributed by atoms with Gasteiger partial charge in [0.15, 0.2) is 6.26 Å². The Balaban J connectivity index is 2.48. The SMILES string of the molecule is [c]1ccc(-c2cc[c]s2)o1. The van der Waals surface area contributed by atoms with E-state index in [0.29, 0.717) is 0 Å². The zero-order valence-electron chi connectivity index (χ0n) is 5.13. The molecule has 0 atom stereocenters. The smallest absolute Gasteiger partial charge is 0.170 e. The van der Waals surface area contributed by atoms with Crippen LogP contribution in [0.4, 0.5) is 0 Å². The minimum absolute atomic E-state index is 0.867. The molecule has 0 spiro atoms. The lowest BCUT2D eigenvalue weighted by molar-refractivity contribution is 0.574. The van der Waals surface area contributed by atoms with E-state index in [1.807, 2.05) is 18.2 Å². The van der Waals surface area contributed by atoms with Gasteiger partial charge < -0.3 is 4.42 Å². The normalized spacial score (nSPS) is 10.0. The number of hydrogen-bond donors (Lipinski definition) is 0. The molecule has 0 unspecified atom stereocenters. The monoisotopic (exact) mass is 148 g/mol. The quantitative estimate of drug-likeness (QED) is 0.605. The van der Waals surface area contributed by atoms with Crippen LogP contribution >= 0.6 is 11.3 Å². The van der Waals surface area contributed by atoms with Gasteiger partial charge in [-0.1, -0.05) is 0 Å². The number of rotatable bonds is 1. The lowest BCUT2D eigenvalue weighted by atomic mass is 10.4. The molecule has 2 radical (unpaired) electrons.